The highest BCUT2D eigenvalue weighted by Gasteiger charge is 2.16. The van der Waals surface area contributed by atoms with E-state index in [4.69, 9.17) is 27.9 Å². The topological polar surface area (TPSA) is 81.4 Å². The number of amides is 1. The highest BCUT2D eigenvalue weighted by atomic mass is 35.5. The van der Waals surface area contributed by atoms with Crippen LogP contribution in [0.15, 0.2) is 42.7 Å². The molecular formula is C17H11Cl2N5O2S. The minimum Gasteiger partial charge on any atom is -0.495 e. The number of hydrogen-bond acceptors (Lipinski definition) is 6. The standard InChI is InChI=1S/C17H11Cl2N5O2S/c1-26-14-5-2-9(16-23-24-8-20-22-17(24)27-16)6-13(14)21-15(25)11-7-10(18)3-4-12(11)19/h2-8H,1H3,(H,21,25). The molecule has 1 N–H and O–H groups in total. The lowest BCUT2D eigenvalue weighted by Gasteiger charge is -2.12. The van der Waals surface area contributed by atoms with Gasteiger partial charge in [-0.3, -0.25) is 4.79 Å². The van der Waals surface area contributed by atoms with E-state index in [1.54, 1.807) is 28.8 Å². The SMILES string of the molecule is COc1ccc(-c2nn3cnnc3s2)cc1NC(=O)c1cc(Cl)ccc1Cl. The van der Waals surface area contributed by atoms with Crippen molar-refractivity contribution < 1.29 is 9.53 Å². The maximum absolute atomic E-state index is 12.7. The van der Waals surface area contributed by atoms with Gasteiger partial charge in [-0.25, -0.2) is 0 Å². The quantitative estimate of drug-likeness (QED) is 0.529. The Balaban J connectivity index is 1.69. The molecule has 0 radical (unpaired) electrons. The Morgan fingerprint density at radius 1 is 1.22 bits per heavy atom. The van der Waals surface area contributed by atoms with Gasteiger partial charge in [0.2, 0.25) is 4.96 Å². The molecule has 0 bridgehead atoms. The van der Waals surface area contributed by atoms with Gasteiger partial charge < -0.3 is 10.1 Å². The normalized spacial score (nSPS) is 10.9. The number of fused-ring (bicyclic) bond motifs is 1. The number of nitrogens with one attached hydrogen (secondary N) is 1. The number of aromatic nitrogens is 4. The van der Waals surface area contributed by atoms with E-state index >= 15 is 0 Å². The molecule has 7 nitrogen and oxygen atoms in total. The molecule has 0 aliphatic heterocycles. The fourth-order valence-electron chi connectivity index (χ4n) is 2.48. The highest BCUT2D eigenvalue weighted by Crippen LogP contribution is 2.33. The number of carbonyl (C=O) groups is 1. The highest BCUT2D eigenvalue weighted by molar-refractivity contribution is 7.19. The molecule has 4 rings (SSSR count). The van der Waals surface area contributed by atoms with E-state index in [0.29, 0.717) is 26.4 Å². The monoisotopic (exact) mass is 419 g/mol. The van der Waals surface area contributed by atoms with E-state index in [1.807, 2.05) is 6.07 Å². The van der Waals surface area contributed by atoms with Gasteiger partial charge in [-0.15, -0.1) is 10.2 Å². The summed E-state index contributed by atoms with van der Waals surface area (Å²) in [6.07, 6.45) is 1.53. The van der Waals surface area contributed by atoms with Crippen LogP contribution in [-0.2, 0) is 0 Å². The first-order valence-corrected chi connectivity index (χ1v) is 9.24. The number of anilines is 1. The van der Waals surface area contributed by atoms with Gasteiger partial charge in [0.1, 0.15) is 17.1 Å². The average molecular weight is 420 g/mol. The second kappa shape index (κ2) is 7.15. The van der Waals surface area contributed by atoms with Crippen molar-refractivity contribution in [2.24, 2.45) is 0 Å². The second-order valence-corrected chi connectivity index (χ2v) is 7.26. The first-order valence-electron chi connectivity index (χ1n) is 7.67. The Hall–Kier alpha value is -2.68. The van der Waals surface area contributed by atoms with Crippen molar-refractivity contribution in [3.8, 4) is 16.3 Å². The van der Waals surface area contributed by atoms with Crippen molar-refractivity contribution in [2.45, 2.75) is 0 Å². The van der Waals surface area contributed by atoms with Gasteiger partial charge in [0.25, 0.3) is 5.91 Å². The molecule has 0 spiro atoms. The predicted octanol–water partition coefficient (Wildman–Crippen LogP) is 4.42. The molecule has 0 fully saturated rings. The Labute approximate surface area is 167 Å². The largest absolute Gasteiger partial charge is 0.495 e. The predicted molar refractivity (Wildman–Crippen MR) is 105 cm³/mol. The van der Waals surface area contributed by atoms with E-state index in [-0.39, 0.29) is 5.56 Å². The summed E-state index contributed by atoms with van der Waals surface area (Å²) in [6.45, 7) is 0. The molecule has 4 aromatic rings. The van der Waals surface area contributed by atoms with Crippen LogP contribution in [-0.4, -0.2) is 32.8 Å². The number of benzene rings is 2. The molecule has 2 aromatic carbocycles. The summed E-state index contributed by atoms with van der Waals surface area (Å²) < 4.78 is 6.94. The number of rotatable bonds is 4. The van der Waals surface area contributed by atoms with Crippen molar-refractivity contribution in [3.63, 3.8) is 0 Å². The molecule has 136 valence electrons. The fourth-order valence-corrected chi connectivity index (χ4v) is 3.67. The van der Waals surface area contributed by atoms with Crippen LogP contribution in [0.5, 0.6) is 5.75 Å². The lowest BCUT2D eigenvalue weighted by molar-refractivity contribution is 0.102. The van der Waals surface area contributed by atoms with E-state index in [2.05, 4.69) is 20.6 Å². The maximum atomic E-state index is 12.7. The van der Waals surface area contributed by atoms with Gasteiger partial charge in [0.15, 0.2) is 0 Å². The third-order valence-corrected chi connectivity index (χ3v) is 5.28. The van der Waals surface area contributed by atoms with Crippen molar-refractivity contribution in [1.82, 2.24) is 19.8 Å². The Kier molecular flexibility index (Phi) is 4.69. The van der Waals surface area contributed by atoms with Crippen LogP contribution in [0.1, 0.15) is 10.4 Å². The summed E-state index contributed by atoms with van der Waals surface area (Å²) >= 11 is 13.5. The van der Waals surface area contributed by atoms with Gasteiger partial charge >= 0.3 is 0 Å². The van der Waals surface area contributed by atoms with Crippen LogP contribution in [0.3, 0.4) is 0 Å². The smallest absolute Gasteiger partial charge is 0.257 e. The van der Waals surface area contributed by atoms with Crippen LogP contribution in [0.4, 0.5) is 5.69 Å². The number of ether oxygens (including phenoxy) is 1. The molecule has 2 aromatic heterocycles. The zero-order chi connectivity index (χ0) is 19.0. The van der Waals surface area contributed by atoms with Crippen molar-refractivity contribution >= 4 is 51.1 Å². The minimum absolute atomic E-state index is 0.274. The summed E-state index contributed by atoms with van der Waals surface area (Å²) in [5, 5.41) is 16.5. The number of halogens is 2. The van der Waals surface area contributed by atoms with E-state index < -0.39 is 5.91 Å². The van der Waals surface area contributed by atoms with Crippen LogP contribution in [0.2, 0.25) is 10.0 Å². The summed E-state index contributed by atoms with van der Waals surface area (Å²) in [6, 6.07) is 10.1. The first-order chi connectivity index (χ1) is 13.0. The molecule has 2 heterocycles. The molecular weight excluding hydrogens is 409 g/mol. The summed E-state index contributed by atoms with van der Waals surface area (Å²) in [7, 11) is 1.53. The van der Waals surface area contributed by atoms with Gasteiger partial charge in [-0.05, 0) is 36.4 Å². The molecule has 0 atom stereocenters. The third-order valence-electron chi connectivity index (χ3n) is 3.75. The Bertz CT molecular complexity index is 1130. The third kappa shape index (κ3) is 3.46. The van der Waals surface area contributed by atoms with Crippen molar-refractivity contribution in [2.75, 3.05) is 12.4 Å². The zero-order valence-electron chi connectivity index (χ0n) is 13.8. The number of nitrogens with zero attached hydrogens (tertiary/aromatic N) is 4. The number of hydrogen-bond donors (Lipinski definition) is 1. The van der Waals surface area contributed by atoms with Crippen molar-refractivity contribution in [3.05, 3.63) is 58.3 Å². The number of methoxy groups -OCH3 is 1. The van der Waals surface area contributed by atoms with Gasteiger partial charge in [0.05, 0.1) is 23.4 Å². The van der Waals surface area contributed by atoms with Crippen LogP contribution < -0.4 is 10.1 Å². The Morgan fingerprint density at radius 2 is 2.07 bits per heavy atom. The summed E-state index contributed by atoms with van der Waals surface area (Å²) in [5.74, 6) is 0.115. The minimum atomic E-state index is -0.393. The molecule has 0 unspecified atom stereocenters. The van der Waals surface area contributed by atoms with E-state index in [9.17, 15) is 4.79 Å². The molecule has 0 aliphatic rings. The van der Waals surface area contributed by atoms with Crippen LogP contribution in [0, 0.1) is 0 Å². The Morgan fingerprint density at radius 3 is 2.85 bits per heavy atom. The van der Waals surface area contributed by atoms with Crippen molar-refractivity contribution in [1.29, 1.82) is 0 Å². The second-order valence-electron chi connectivity index (χ2n) is 5.46. The summed E-state index contributed by atoms with van der Waals surface area (Å²) in [4.78, 5) is 13.3. The maximum Gasteiger partial charge on any atom is 0.257 e. The first kappa shape index (κ1) is 17.7. The number of carbonyl (C=O) groups excluding carboxylic acids is 1. The lowest BCUT2D eigenvalue weighted by Crippen LogP contribution is -2.13. The summed E-state index contributed by atoms with van der Waals surface area (Å²) in [5.41, 5.74) is 1.57. The molecule has 0 saturated carbocycles. The van der Waals surface area contributed by atoms with Crippen LogP contribution >= 0.6 is 34.5 Å². The molecule has 27 heavy (non-hydrogen) atoms. The molecule has 1 amide bonds. The zero-order valence-corrected chi connectivity index (χ0v) is 16.1. The van der Waals surface area contributed by atoms with Crippen LogP contribution in [0.25, 0.3) is 15.5 Å². The molecule has 0 saturated heterocycles. The lowest BCUT2D eigenvalue weighted by atomic mass is 10.1. The van der Waals surface area contributed by atoms with Gasteiger partial charge in [-0.1, -0.05) is 34.5 Å². The fraction of sp³-hybridized carbons (Fsp3) is 0.0588. The van der Waals surface area contributed by atoms with Gasteiger partial charge in [0, 0.05) is 10.6 Å². The average Bonchev–Trinajstić information content (AvgIpc) is 3.25. The molecule has 0 aliphatic carbocycles. The van der Waals surface area contributed by atoms with E-state index in [1.165, 1.54) is 30.8 Å². The van der Waals surface area contributed by atoms with E-state index in [0.717, 1.165) is 10.6 Å². The van der Waals surface area contributed by atoms with Gasteiger partial charge in [-0.2, -0.15) is 9.61 Å². The molecule has 10 heteroatoms.